The number of carbonyl (C=O) groups is 1. The van der Waals surface area contributed by atoms with E-state index in [4.69, 9.17) is 14.2 Å². The Labute approximate surface area is 156 Å². The van der Waals surface area contributed by atoms with Gasteiger partial charge in [0.05, 0.1) is 24.8 Å². The Morgan fingerprint density at radius 1 is 1.15 bits per heavy atom. The molecule has 2 aromatic rings. The molecule has 8 nitrogen and oxygen atoms in total. The van der Waals surface area contributed by atoms with Gasteiger partial charge in [0, 0.05) is 31.9 Å². The van der Waals surface area contributed by atoms with Crippen molar-refractivity contribution in [3.63, 3.8) is 0 Å². The average Bonchev–Trinajstić information content (AvgIpc) is 3.17. The van der Waals surface area contributed by atoms with Crippen LogP contribution in [0.15, 0.2) is 41.3 Å². The molecule has 0 saturated carbocycles. The number of ether oxygens (including phenoxy) is 3. The van der Waals surface area contributed by atoms with Crippen LogP contribution >= 0.6 is 0 Å². The molecule has 0 spiro atoms. The summed E-state index contributed by atoms with van der Waals surface area (Å²) < 4.78 is 16.3. The lowest BCUT2D eigenvalue weighted by atomic mass is 10.0. The maximum Gasteiger partial charge on any atom is 0.252 e. The van der Waals surface area contributed by atoms with Crippen LogP contribution in [-0.4, -0.2) is 55.4 Å². The number of nitrogens with one attached hydrogen (secondary N) is 2. The fourth-order valence-corrected chi connectivity index (χ4v) is 3.31. The fourth-order valence-electron chi connectivity index (χ4n) is 3.31. The topological polar surface area (TPSA) is 92.9 Å². The molecule has 2 aliphatic heterocycles. The Bertz CT molecular complexity index is 855. The molecule has 1 fully saturated rings. The molecule has 27 heavy (non-hydrogen) atoms. The van der Waals surface area contributed by atoms with E-state index in [0.717, 1.165) is 30.2 Å². The lowest BCUT2D eigenvalue weighted by Crippen LogP contribution is -2.43. The summed E-state index contributed by atoms with van der Waals surface area (Å²) in [5, 5.41) is 2.97. The van der Waals surface area contributed by atoms with Gasteiger partial charge < -0.3 is 24.5 Å². The number of benzene rings is 1. The summed E-state index contributed by atoms with van der Waals surface area (Å²) in [5.74, 6) is 1.22. The summed E-state index contributed by atoms with van der Waals surface area (Å²) in [6.07, 6.45) is 1.42. The first kappa shape index (κ1) is 17.6. The van der Waals surface area contributed by atoms with Gasteiger partial charge in [0.1, 0.15) is 0 Å². The van der Waals surface area contributed by atoms with E-state index < -0.39 is 0 Å². The van der Waals surface area contributed by atoms with Gasteiger partial charge in [-0.1, -0.05) is 6.07 Å². The number of hydrogen-bond donors (Lipinski definition) is 2. The predicted molar refractivity (Wildman–Crippen MR) is 97.1 cm³/mol. The summed E-state index contributed by atoms with van der Waals surface area (Å²) in [7, 11) is 0. The first-order valence-electron chi connectivity index (χ1n) is 8.89. The first-order chi connectivity index (χ1) is 13.2. The van der Waals surface area contributed by atoms with Crippen molar-refractivity contribution < 1.29 is 19.0 Å². The third kappa shape index (κ3) is 3.96. The quantitative estimate of drug-likeness (QED) is 0.812. The number of pyridine rings is 1. The van der Waals surface area contributed by atoms with Crippen LogP contribution in [0.3, 0.4) is 0 Å². The van der Waals surface area contributed by atoms with Crippen molar-refractivity contribution in [1.82, 2.24) is 15.2 Å². The minimum Gasteiger partial charge on any atom is -0.454 e. The predicted octanol–water partition coefficient (Wildman–Crippen LogP) is 0.907. The van der Waals surface area contributed by atoms with E-state index in [1.165, 1.54) is 18.3 Å². The van der Waals surface area contributed by atoms with Gasteiger partial charge in [-0.15, -0.1) is 0 Å². The number of fused-ring (bicyclic) bond motifs is 1. The molecule has 2 N–H and O–H groups in total. The molecule has 8 heteroatoms. The van der Waals surface area contributed by atoms with E-state index in [0.29, 0.717) is 25.3 Å². The number of H-pyrrole nitrogens is 1. The number of aromatic amines is 1. The van der Waals surface area contributed by atoms with Crippen molar-refractivity contribution in [1.29, 1.82) is 0 Å². The zero-order chi connectivity index (χ0) is 18.6. The number of carbonyl (C=O) groups excluding carboxylic acids is 1. The second-order valence-corrected chi connectivity index (χ2v) is 6.43. The van der Waals surface area contributed by atoms with E-state index in [2.05, 4.69) is 15.2 Å². The van der Waals surface area contributed by atoms with Gasteiger partial charge in [0.2, 0.25) is 12.4 Å². The molecule has 1 atom stereocenters. The van der Waals surface area contributed by atoms with Crippen LogP contribution in [0, 0.1) is 0 Å². The second-order valence-electron chi connectivity index (χ2n) is 6.43. The van der Waals surface area contributed by atoms with Gasteiger partial charge in [-0.3, -0.25) is 14.5 Å². The minimum atomic E-state index is -0.238. The monoisotopic (exact) mass is 371 g/mol. The molecule has 1 amide bonds. The Balaban J connectivity index is 1.52. The molecule has 0 bridgehead atoms. The van der Waals surface area contributed by atoms with Crippen LogP contribution < -0.4 is 20.3 Å². The number of rotatable bonds is 5. The highest BCUT2D eigenvalue weighted by molar-refractivity contribution is 5.93. The molecule has 2 aliphatic rings. The van der Waals surface area contributed by atoms with Crippen LogP contribution in [0.25, 0.3) is 0 Å². The van der Waals surface area contributed by atoms with Gasteiger partial charge in [-0.25, -0.2) is 0 Å². The van der Waals surface area contributed by atoms with Gasteiger partial charge in [0.15, 0.2) is 11.5 Å². The number of nitrogens with zero attached hydrogens (tertiary/aromatic N) is 1. The molecule has 4 rings (SSSR count). The smallest absolute Gasteiger partial charge is 0.252 e. The van der Waals surface area contributed by atoms with Crippen molar-refractivity contribution in [2.45, 2.75) is 6.04 Å². The third-order valence-electron chi connectivity index (χ3n) is 4.77. The highest BCUT2D eigenvalue weighted by atomic mass is 16.7. The zero-order valence-corrected chi connectivity index (χ0v) is 14.8. The molecule has 3 heterocycles. The molecular weight excluding hydrogens is 350 g/mol. The normalized spacial score (nSPS) is 17.5. The standard InChI is InChI=1S/C19H21N3O5/c23-18-4-2-14(10-20-18)19(24)21-11-15(22-5-7-25-8-6-22)13-1-3-16-17(9-13)27-12-26-16/h1-4,9-10,15H,5-8,11-12H2,(H,20,23)(H,21,24). The van der Waals surface area contributed by atoms with Crippen LogP contribution in [-0.2, 0) is 4.74 Å². The maximum atomic E-state index is 12.4. The van der Waals surface area contributed by atoms with Crippen molar-refractivity contribution in [2.75, 3.05) is 39.6 Å². The summed E-state index contributed by atoms with van der Waals surface area (Å²) in [4.78, 5) is 28.4. The van der Waals surface area contributed by atoms with E-state index in [9.17, 15) is 9.59 Å². The van der Waals surface area contributed by atoms with Crippen LogP contribution in [0.5, 0.6) is 11.5 Å². The van der Waals surface area contributed by atoms with Crippen LogP contribution in [0.2, 0.25) is 0 Å². The third-order valence-corrected chi connectivity index (χ3v) is 4.77. The van der Waals surface area contributed by atoms with Crippen molar-refractivity contribution >= 4 is 5.91 Å². The van der Waals surface area contributed by atoms with Crippen LogP contribution in [0.4, 0.5) is 0 Å². The first-order valence-corrected chi connectivity index (χ1v) is 8.89. The summed E-state index contributed by atoms with van der Waals surface area (Å²) in [6, 6.07) is 8.70. The van der Waals surface area contributed by atoms with Crippen molar-refractivity contribution in [3.05, 3.63) is 58.0 Å². The highest BCUT2D eigenvalue weighted by Gasteiger charge is 2.25. The van der Waals surface area contributed by atoms with E-state index >= 15 is 0 Å². The molecule has 142 valence electrons. The zero-order valence-electron chi connectivity index (χ0n) is 14.8. The number of amides is 1. The Hall–Kier alpha value is -2.84. The van der Waals surface area contributed by atoms with E-state index in [1.54, 1.807) is 0 Å². The summed E-state index contributed by atoms with van der Waals surface area (Å²) in [6.45, 7) is 3.55. The van der Waals surface area contributed by atoms with E-state index in [-0.39, 0.29) is 24.3 Å². The second kappa shape index (κ2) is 7.81. The number of hydrogen-bond acceptors (Lipinski definition) is 6. The lowest BCUT2D eigenvalue weighted by Gasteiger charge is -2.35. The average molecular weight is 371 g/mol. The molecule has 1 unspecified atom stereocenters. The van der Waals surface area contributed by atoms with Gasteiger partial charge in [-0.05, 0) is 23.8 Å². The SMILES string of the molecule is O=C(NCC(c1ccc2c(c1)OCO2)N1CCOCC1)c1ccc(=O)[nH]c1. The summed E-state index contributed by atoms with van der Waals surface area (Å²) >= 11 is 0. The lowest BCUT2D eigenvalue weighted by molar-refractivity contribution is 0.0162. The van der Waals surface area contributed by atoms with Crippen LogP contribution in [0.1, 0.15) is 22.0 Å². The van der Waals surface area contributed by atoms with Gasteiger partial charge >= 0.3 is 0 Å². The van der Waals surface area contributed by atoms with Crippen molar-refractivity contribution in [2.24, 2.45) is 0 Å². The Morgan fingerprint density at radius 2 is 1.96 bits per heavy atom. The molecule has 0 aliphatic carbocycles. The molecule has 1 saturated heterocycles. The summed E-state index contributed by atoms with van der Waals surface area (Å²) in [5.41, 5.74) is 1.22. The van der Waals surface area contributed by atoms with E-state index in [1.807, 2.05) is 18.2 Å². The highest BCUT2D eigenvalue weighted by Crippen LogP contribution is 2.35. The Morgan fingerprint density at radius 3 is 2.74 bits per heavy atom. The minimum absolute atomic E-state index is 0.0184. The van der Waals surface area contributed by atoms with Gasteiger partial charge in [0.25, 0.3) is 5.91 Å². The molecule has 1 aromatic heterocycles. The number of morpholine rings is 1. The maximum absolute atomic E-state index is 12.4. The fraction of sp³-hybridized carbons (Fsp3) is 0.368. The van der Waals surface area contributed by atoms with Gasteiger partial charge in [-0.2, -0.15) is 0 Å². The Kier molecular flexibility index (Phi) is 5.08. The number of aromatic nitrogens is 1. The molecule has 0 radical (unpaired) electrons. The molecule has 1 aromatic carbocycles. The largest absolute Gasteiger partial charge is 0.454 e. The van der Waals surface area contributed by atoms with Crippen molar-refractivity contribution in [3.8, 4) is 11.5 Å². The molecular formula is C19H21N3O5.